The fourth-order valence-corrected chi connectivity index (χ4v) is 10.5. The van der Waals surface area contributed by atoms with Crippen molar-refractivity contribution in [3.63, 3.8) is 0 Å². The number of fused-ring (bicyclic) bond motifs is 9. The molecule has 2 aromatic heterocycles. The highest BCUT2D eigenvalue weighted by molar-refractivity contribution is 6.12. The minimum atomic E-state index is -0.0601. The molecule has 2 aliphatic rings. The van der Waals surface area contributed by atoms with Crippen LogP contribution in [0.1, 0.15) is 50.7 Å². The fraction of sp³-hybridized carbons (Fsp3) is 0.123. The normalized spacial score (nSPS) is 14.5. The quantitative estimate of drug-likeness (QED) is 0.179. The fourth-order valence-electron chi connectivity index (χ4n) is 10.5. The van der Waals surface area contributed by atoms with Gasteiger partial charge in [0.25, 0.3) is 0 Å². The first-order valence-corrected chi connectivity index (χ1v) is 21.5. The Morgan fingerprint density at radius 2 is 1.18 bits per heavy atom. The molecule has 1 N–H and O–H groups in total. The second-order valence-electron chi connectivity index (χ2n) is 17.3. The lowest BCUT2D eigenvalue weighted by molar-refractivity contribution is 0.660. The topological polar surface area (TPSA) is 24.0 Å². The number of benzene rings is 8. The largest absolute Gasteiger partial charge is 0.354 e. The van der Waals surface area contributed by atoms with E-state index in [1.165, 1.54) is 101 Å². The molecule has 0 amide bonds. The van der Waals surface area contributed by atoms with Crippen molar-refractivity contribution in [2.24, 2.45) is 0 Å². The van der Waals surface area contributed by atoms with Crippen molar-refractivity contribution in [2.75, 3.05) is 4.90 Å². The third kappa shape index (κ3) is 5.35. The molecule has 0 fully saturated rings. The summed E-state index contributed by atoms with van der Waals surface area (Å²) in [5.41, 5.74) is 19.9. The van der Waals surface area contributed by atoms with Gasteiger partial charge in [-0.3, -0.25) is 0 Å². The number of hydrogen-bond donors (Lipinski definition) is 1. The maximum atomic E-state index is 3.75. The molecule has 60 heavy (non-hydrogen) atoms. The minimum absolute atomic E-state index is 0.0601. The molecule has 0 bridgehead atoms. The van der Waals surface area contributed by atoms with E-state index >= 15 is 0 Å². The van der Waals surface area contributed by atoms with Crippen molar-refractivity contribution in [1.82, 2.24) is 9.55 Å². The minimum Gasteiger partial charge on any atom is -0.354 e. The van der Waals surface area contributed by atoms with Gasteiger partial charge in [0.15, 0.2) is 0 Å². The van der Waals surface area contributed by atoms with E-state index < -0.39 is 0 Å². The van der Waals surface area contributed by atoms with E-state index in [0.29, 0.717) is 0 Å². The number of nitrogens with one attached hydrogen (secondary N) is 1. The summed E-state index contributed by atoms with van der Waals surface area (Å²) >= 11 is 0. The van der Waals surface area contributed by atoms with Crippen LogP contribution in [0.4, 0.5) is 17.1 Å². The lowest BCUT2D eigenvalue weighted by atomic mass is 9.82. The summed E-state index contributed by atoms with van der Waals surface area (Å²) in [7, 11) is 0. The standard InChI is InChI=1S/C57H45N3/c1-57(2)51-23-9-6-18-45(51)50-36-43(31-33-52(50)57)59(42-17-12-14-39(34-42)44-21-13-22-49-46-19-7-10-24-53(46)58-56(44)49)41-29-26-37(27-30-41)38-28-32-48-47-20-8-11-25-54(47)60(55(48)35-38)40-15-4-3-5-16-40/h6-15,17-36,58H,3-5,16H2,1-2H3. The lowest BCUT2D eigenvalue weighted by Gasteiger charge is -2.28. The van der Waals surface area contributed by atoms with E-state index in [-0.39, 0.29) is 5.41 Å². The van der Waals surface area contributed by atoms with Gasteiger partial charge in [0.1, 0.15) is 0 Å². The molecule has 10 aromatic rings. The number of H-pyrrole nitrogens is 1. The first-order chi connectivity index (χ1) is 29.5. The summed E-state index contributed by atoms with van der Waals surface area (Å²) in [6, 6.07) is 65.4. The molecular weight excluding hydrogens is 727 g/mol. The highest BCUT2D eigenvalue weighted by Gasteiger charge is 2.35. The van der Waals surface area contributed by atoms with Gasteiger partial charge >= 0.3 is 0 Å². The Hall–Kier alpha value is -7.10. The Morgan fingerprint density at radius 1 is 0.483 bits per heavy atom. The van der Waals surface area contributed by atoms with Crippen LogP contribution in [0.15, 0.2) is 182 Å². The van der Waals surface area contributed by atoms with Crippen molar-refractivity contribution in [2.45, 2.75) is 44.9 Å². The van der Waals surface area contributed by atoms with Crippen LogP contribution >= 0.6 is 0 Å². The van der Waals surface area contributed by atoms with E-state index in [1.54, 1.807) is 0 Å². The van der Waals surface area contributed by atoms with Crippen LogP contribution in [0.25, 0.3) is 82.7 Å². The number of allylic oxidation sites excluding steroid dienone is 2. The number of para-hydroxylation sites is 3. The van der Waals surface area contributed by atoms with E-state index in [4.69, 9.17) is 0 Å². The third-order valence-electron chi connectivity index (χ3n) is 13.5. The summed E-state index contributed by atoms with van der Waals surface area (Å²) in [5, 5.41) is 5.13. The van der Waals surface area contributed by atoms with Gasteiger partial charge in [-0.1, -0.05) is 141 Å². The molecule has 2 aliphatic carbocycles. The van der Waals surface area contributed by atoms with Gasteiger partial charge in [0, 0.05) is 60.8 Å². The van der Waals surface area contributed by atoms with Crippen LogP contribution in [0, 0.1) is 0 Å². The molecule has 12 rings (SSSR count). The number of aromatic amines is 1. The zero-order valence-electron chi connectivity index (χ0n) is 34.0. The first kappa shape index (κ1) is 34.9. The average molecular weight is 772 g/mol. The van der Waals surface area contributed by atoms with Crippen molar-refractivity contribution >= 4 is 66.4 Å². The van der Waals surface area contributed by atoms with Crippen LogP contribution in [-0.4, -0.2) is 9.55 Å². The van der Waals surface area contributed by atoms with Crippen LogP contribution in [-0.2, 0) is 5.41 Å². The van der Waals surface area contributed by atoms with E-state index in [0.717, 1.165) is 35.4 Å². The molecule has 0 saturated heterocycles. The Balaban J connectivity index is 0.998. The molecule has 0 radical (unpaired) electrons. The average Bonchev–Trinajstić information content (AvgIpc) is 3.92. The molecule has 0 aliphatic heterocycles. The number of hydrogen-bond acceptors (Lipinski definition) is 1. The summed E-state index contributed by atoms with van der Waals surface area (Å²) < 4.78 is 2.53. The number of aromatic nitrogens is 2. The maximum Gasteiger partial charge on any atom is 0.0544 e. The molecule has 3 nitrogen and oxygen atoms in total. The molecular formula is C57H45N3. The molecule has 0 unspecified atom stereocenters. The molecule has 288 valence electrons. The highest BCUT2D eigenvalue weighted by Crippen LogP contribution is 2.51. The number of rotatable bonds is 6. The van der Waals surface area contributed by atoms with Crippen molar-refractivity contribution < 1.29 is 0 Å². The predicted octanol–water partition coefficient (Wildman–Crippen LogP) is 16.0. The van der Waals surface area contributed by atoms with Crippen molar-refractivity contribution in [3.8, 4) is 33.4 Å². The zero-order valence-corrected chi connectivity index (χ0v) is 34.0. The summed E-state index contributed by atoms with van der Waals surface area (Å²) in [5.74, 6) is 0. The van der Waals surface area contributed by atoms with Gasteiger partial charge in [-0.05, 0) is 119 Å². The van der Waals surface area contributed by atoms with Crippen LogP contribution < -0.4 is 4.90 Å². The maximum absolute atomic E-state index is 3.75. The zero-order chi connectivity index (χ0) is 40.0. The van der Waals surface area contributed by atoms with Crippen molar-refractivity contribution in [1.29, 1.82) is 0 Å². The monoisotopic (exact) mass is 771 g/mol. The van der Waals surface area contributed by atoms with Gasteiger partial charge in [0.05, 0.1) is 16.6 Å². The first-order valence-electron chi connectivity index (χ1n) is 21.5. The second kappa shape index (κ2) is 13.5. The van der Waals surface area contributed by atoms with E-state index in [1.807, 2.05) is 0 Å². The Labute approximate surface area is 350 Å². The molecule has 0 saturated carbocycles. The van der Waals surface area contributed by atoms with Gasteiger partial charge in [-0.15, -0.1) is 0 Å². The predicted molar refractivity (Wildman–Crippen MR) is 255 cm³/mol. The van der Waals surface area contributed by atoms with Crippen LogP contribution in [0.5, 0.6) is 0 Å². The third-order valence-corrected chi connectivity index (χ3v) is 13.5. The van der Waals surface area contributed by atoms with Gasteiger partial charge in [-0.2, -0.15) is 0 Å². The van der Waals surface area contributed by atoms with E-state index in [9.17, 15) is 0 Å². The molecule has 0 atom stereocenters. The number of anilines is 3. The summed E-state index contributed by atoms with van der Waals surface area (Å²) in [4.78, 5) is 6.18. The van der Waals surface area contributed by atoms with Crippen LogP contribution in [0.2, 0.25) is 0 Å². The molecule has 3 heteroatoms. The Morgan fingerprint density at radius 3 is 2.07 bits per heavy atom. The molecule has 2 heterocycles. The second-order valence-corrected chi connectivity index (χ2v) is 17.3. The van der Waals surface area contributed by atoms with Crippen LogP contribution in [0.3, 0.4) is 0 Å². The molecule has 8 aromatic carbocycles. The SMILES string of the molecule is CC1(C)c2ccccc2-c2cc(N(c3ccc(-c4ccc5c6ccccc6n(C6=CCCCC6)c5c4)cc3)c3cccc(-c4cccc5c4[nH]c4ccccc45)c3)ccc21. The van der Waals surface area contributed by atoms with Gasteiger partial charge in [0.2, 0.25) is 0 Å². The smallest absolute Gasteiger partial charge is 0.0544 e. The number of nitrogens with zero attached hydrogens (tertiary/aromatic N) is 2. The van der Waals surface area contributed by atoms with Gasteiger partial charge in [-0.25, -0.2) is 0 Å². The van der Waals surface area contributed by atoms with Gasteiger partial charge < -0.3 is 14.5 Å². The summed E-state index contributed by atoms with van der Waals surface area (Å²) in [6.07, 6.45) is 7.24. The lowest BCUT2D eigenvalue weighted by Crippen LogP contribution is -2.15. The Kier molecular flexibility index (Phi) is 7.84. The summed E-state index contributed by atoms with van der Waals surface area (Å²) in [6.45, 7) is 4.70. The molecule has 0 spiro atoms. The van der Waals surface area contributed by atoms with E-state index in [2.05, 4.69) is 210 Å². The Bertz CT molecular complexity index is 3350. The highest BCUT2D eigenvalue weighted by atomic mass is 15.1. The van der Waals surface area contributed by atoms with Crippen molar-refractivity contribution in [3.05, 3.63) is 193 Å².